The number of carbonyl (C=O) groups excluding carboxylic acids is 1. The summed E-state index contributed by atoms with van der Waals surface area (Å²) in [7, 11) is 0. The molecular formula is C20H24N2O3. The zero-order chi connectivity index (χ0) is 17.8. The maximum atomic E-state index is 12.6. The predicted octanol–water partition coefficient (Wildman–Crippen LogP) is 2.91. The van der Waals surface area contributed by atoms with Crippen LogP contribution in [0.3, 0.4) is 0 Å². The van der Waals surface area contributed by atoms with E-state index in [1.54, 1.807) is 25.1 Å². The quantitative estimate of drug-likeness (QED) is 0.800. The van der Waals surface area contributed by atoms with Gasteiger partial charge in [-0.05, 0) is 43.5 Å². The molecule has 2 aromatic rings. The van der Waals surface area contributed by atoms with Crippen molar-refractivity contribution < 1.29 is 15.0 Å². The van der Waals surface area contributed by atoms with Gasteiger partial charge in [-0.15, -0.1) is 0 Å². The van der Waals surface area contributed by atoms with Gasteiger partial charge in [-0.1, -0.05) is 24.3 Å². The summed E-state index contributed by atoms with van der Waals surface area (Å²) in [6.07, 6.45) is 1.38. The molecule has 5 heteroatoms. The van der Waals surface area contributed by atoms with Crippen LogP contribution in [0.2, 0.25) is 0 Å². The third kappa shape index (κ3) is 4.18. The topological polar surface area (TPSA) is 72.8 Å². The number of nitrogens with one attached hydrogen (secondary N) is 1. The van der Waals surface area contributed by atoms with Crippen LogP contribution in [0, 0.1) is 6.92 Å². The number of aliphatic hydroxyl groups excluding tert-OH is 1. The van der Waals surface area contributed by atoms with Crippen molar-refractivity contribution in [2.45, 2.75) is 32.4 Å². The minimum absolute atomic E-state index is 0.118. The number of amides is 1. The van der Waals surface area contributed by atoms with Gasteiger partial charge in [0.15, 0.2) is 0 Å². The first-order valence-corrected chi connectivity index (χ1v) is 8.63. The number of carbonyl (C=O) groups is 1. The van der Waals surface area contributed by atoms with Crippen molar-refractivity contribution in [3.05, 3.63) is 59.2 Å². The number of aliphatic hydroxyl groups is 1. The standard InChI is InChI=1S/C20H24N2O3/c1-14-17(6-4-8-19(14)24)20(25)21-18-7-3-2-5-15(18)13-22-11-9-16(23)10-12-22/h2-8,16,23-24H,9-13H2,1H3,(H,21,25). The Morgan fingerprint density at radius 3 is 2.64 bits per heavy atom. The fraction of sp³-hybridized carbons (Fsp3) is 0.350. The number of nitrogens with zero attached hydrogens (tertiary/aromatic N) is 1. The van der Waals surface area contributed by atoms with E-state index in [0.29, 0.717) is 11.1 Å². The summed E-state index contributed by atoms with van der Waals surface area (Å²) in [4.78, 5) is 14.9. The van der Waals surface area contributed by atoms with E-state index in [2.05, 4.69) is 10.2 Å². The molecule has 1 saturated heterocycles. The molecule has 0 saturated carbocycles. The average Bonchev–Trinajstić information content (AvgIpc) is 2.61. The Morgan fingerprint density at radius 1 is 1.16 bits per heavy atom. The molecule has 0 atom stereocenters. The van der Waals surface area contributed by atoms with E-state index in [4.69, 9.17) is 0 Å². The molecule has 5 nitrogen and oxygen atoms in total. The van der Waals surface area contributed by atoms with Crippen molar-refractivity contribution in [3.63, 3.8) is 0 Å². The molecule has 0 spiro atoms. The van der Waals surface area contributed by atoms with Crippen LogP contribution in [-0.4, -0.2) is 40.2 Å². The summed E-state index contributed by atoms with van der Waals surface area (Å²) < 4.78 is 0. The second kappa shape index (κ2) is 7.68. The molecule has 0 radical (unpaired) electrons. The fourth-order valence-corrected chi connectivity index (χ4v) is 3.16. The van der Waals surface area contributed by atoms with Crippen molar-refractivity contribution in [2.75, 3.05) is 18.4 Å². The predicted molar refractivity (Wildman–Crippen MR) is 97.8 cm³/mol. The number of piperidine rings is 1. The highest BCUT2D eigenvalue weighted by Crippen LogP contribution is 2.23. The van der Waals surface area contributed by atoms with Crippen LogP contribution in [-0.2, 0) is 6.54 Å². The Balaban J connectivity index is 1.74. The average molecular weight is 340 g/mol. The second-order valence-electron chi connectivity index (χ2n) is 6.57. The van der Waals surface area contributed by atoms with Gasteiger partial charge in [0.25, 0.3) is 5.91 Å². The Labute approximate surface area is 147 Å². The third-order valence-corrected chi connectivity index (χ3v) is 4.77. The summed E-state index contributed by atoms with van der Waals surface area (Å²) in [5, 5.41) is 22.4. The molecule has 2 aromatic carbocycles. The van der Waals surface area contributed by atoms with E-state index in [9.17, 15) is 15.0 Å². The molecule has 0 unspecified atom stereocenters. The van der Waals surface area contributed by atoms with Crippen molar-refractivity contribution in [3.8, 4) is 5.75 Å². The summed E-state index contributed by atoms with van der Waals surface area (Å²) in [5.74, 6) is -0.109. The molecule has 1 aliphatic heterocycles. The highest BCUT2D eigenvalue weighted by molar-refractivity contribution is 6.06. The summed E-state index contributed by atoms with van der Waals surface area (Å²) in [6.45, 7) is 4.18. The lowest BCUT2D eigenvalue weighted by Crippen LogP contribution is -2.35. The van der Waals surface area contributed by atoms with Crippen LogP contribution in [0.4, 0.5) is 5.69 Å². The van der Waals surface area contributed by atoms with Crippen LogP contribution in [0.1, 0.15) is 34.3 Å². The van der Waals surface area contributed by atoms with Gasteiger partial charge in [0.1, 0.15) is 5.75 Å². The van der Waals surface area contributed by atoms with Crippen molar-refractivity contribution in [1.82, 2.24) is 4.90 Å². The number of para-hydroxylation sites is 1. The van der Waals surface area contributed by atoms with Gasteiger partial charge in [0, 0.05) is 36.4 Å². The SMILES string of the molecule is Cc1c(O)cccc1C(=O)Nc1ccccc1CN1CCC(O)CC1. The summed E-state index contributed by atoms with van der Waals surface area (Å²) in [6, 6.07) is 12.7. The molecule has 0 bridgehead atoms. The van der Waals surface area contributed by atoms with E-state index in [0.717, 1.165) is 43.7 Å². The van der Waals surface area contributed by atoms with Crippen LogP contribution in [0.15, 0.2) is 42.5 Å². The minimum atomic E-state index is -0.227. The van der Waals surface area contributed by atoms with Crippen LogP contribution < -0.4 is 5.32 Å². The largest absolute Gasteiger partial charge is 0.508 e. The molecular weight excluding hydrogens is 316 g/mol. The van der Waals surface area contributed by atoms with E-state index in [-0.39, 0.29) is 17.8 Å². The van der Waals surface area contributed by atoms with E-state index in [1.807, 2.05) is 24.3 Å². The van der Waals surface area contributed by atoms with Gasteiger partial charge in [-0.2, -0.15) is 0 Å². The second-order valence-corrected chi connectivity index (χ2v) is 6.57. The number of likely N-dealkylation sites (tertiary alicyclic amines) is 1. The molecule has 1 heterocycles. The van der Waals surface area contributed by atoms with Gasteiger partial charge in [-0.25, -0.2) is 0 Å². The molecule has 25 heavy (non-hydrogen) atoms. The molecule has 0 aliphatic carbocycles. The maximum Gasteiger partial charge on any atom is 0.256 e. The van der Waals surface area contributed by atoms with Gasteiger partial charge in [0.2, 0.25) is 0 Å². The monoisotopic (exact) mass is 340 g/mol. The number of phenols is 1. The number of phenolic OH excluding ortho intramolecular Hbond substituents is 1. The zero-order valence-electron chi connectivity index (χ0n) is 14.4. The smallest absolute Gasteiger partial charge is 0.256 e. The van der Waals surface area contributed by atoms with E-state index < -0.39 is 0 Å². The fourth-order valence-electron chi connectivity index (χ4n) is 3.16. The molecule has 1 amide bonds. The maximum absolute atomic E-state index is 12.6. The number of rotatable bonds is 4. The van der Waals surface area contributed by atoms with Gasteiger partial charge >= 0.3 is 0 Å². The summed E-state index contributed by atoms with van der Waals surface area (Å²) in [5.41, 5.74) is 2.87. The molecule has 0 aromatic heterocycles. The zero-order valence-corrected chi connectivity index (χ0v) is 14.4. The molecule has 1 fully saturated rings. The van der Waals surface area contributed by atoms with Crippen molar-refractivity contribution >= 4 is 11.6 Å². The number of aromatic hydroxyl groups is 1. The first-order valence-electron chi connectivity index (χ1n) is 8.63. The normalized spacial score (nSPS) is 15.9. The molecule has 132 valence electrons. The highest BCUT2D eigenvalue weighted by Gasteiger charge is 2.19. The highest BCUT2D eigenvalue weighted by atomic mass is 16.3. The number of hydrogen-bond acceptors (Lipinski definition) is 4. The Bertz CT molecular complexity index is 752. The van der Waals surface area contributed by atoms with Crippen LogP contribution in [0.25, 0.3) is 0 Å². The Morgan fingerprint density at radius 2 is 1.88 bits per heavy atom. The lowest BCUT2D eigenvalue weighted by molar-refractivity contribution is 0.0793. The molecule has 3 rings (SSSR count). The van der Waals surface area contributed by atoms with Gasteiger partial charge < -0.3 is 15.5 Å². The van der Waals surface area contributed by atoms with Crippen LogP contribution >= 0.6 is 0 Å². The van der Waals surface area contributed by atoms with Crippen molar-refractivity contribution in [2.24, 2.45) is 0 Å². The number of hydrogen-bond donors (Lipinski definition) is 3. The Kier molecular flexibility index (Phi) is 5.36. The van der Waals surface area contributed by atoms with E-state index >= 15 is 0 Å². The third-order valence-electron chi connectivity index (χ3n) is 4.77. The van der Waals surface area contributed by atoms with E-state index in [1.165, 1.54) is 0 Å². The summed E-state index contributed by atoms with van der Waals surface area (Å²) >= 11 is 0. The molecule has 3 N–H and O–H groups in total. The number of anilines is 1. The van der Waals surface area contributed by atoms with Crippen LogP contribution in [0.5, 0.6) is 5.75 Å². The Hall–Kier alpha value is -2.37. The molecule has 1 aliphatic rings. The number of benzene rings is 2. The van der Waals surface area contributed by atoms with Crippen molar-refractivity contribution in [1.29, 1.82) is 0 Å². The first-order chi connectivity index (χ1) is 12.0. The lowest BCUT2D eigenvalue weighted by atomic mass is 10.1. The van der Waals surface area contributed by atoms with Gasteiger partial charge in [-0.3, -0.25) is 9.69 Å². The first kappa shape index (κ1) is 17.5. The van der Waals surface area contributed by atoms with Gasteiger partial charge in [0.05, 0.1) is 6.10 Å². The lowest BCUT2D eigenvalue weighted by Gasteiger charge is -2.30. The minimum Gasteiger partial charge on any atom is -0.508 e.